The number of hydrogen-bond donors (Lipinski definition) is 2. The van der Waals surface area contributed by atoms with Gasteiger partial charge in [-0.05, 0) is 43.2 Å². The highest BCUT2D eigenvalue weighted by Crippen LogP contribution is 2.31. The maximum Gasteiger partial charge on any atom is 0.257 e. The molecule has 0 unspecified atom stereocenters. The Morgan fingerprint density at radius 1 is 1.24 bits per heavy atom. The summed E-state index contributed by atoms with van der Waals surface area (Å²) < 4.78 is 17.0. The van der Waals surface area contributed by atoms with Crippen LogP contribution in [0.2, 0.25) is 5.02 Å². The van der Waals surface area contributed by atoms with Crippen molar-refractivity contribution in [2.75, 3.05) is 31.7 Å². The lowest BCUT2D eigenvalue weighted by molar-refractivity contribution is -0.133. The number of halogens is 1. The highest BCUT2D eigenvalue weighted by molar-refractivity contribution is 6.32. The molecule has 1 saturated heterocycles. The second-order valence-corrected chi connectivity index (χ2v) is 8.27. The lowest BCUT2D eigenvalue weighted by Gasteiger charge is -2.33. The molecule has 0 atom stereocenters. The summed E-state index contributed by atoms with van der Waals surface area (Å²) in [5.41, 5.74) is 1.57. The number of anilines is 2. The van der Waals surface area contributed by atoms with Crippen LogP contribution in [-0.2, 0) is 16.1 Å². The van der Waals surface area contributed by atoms with Gasteiger partial charge in [-0.25, -0.2) is 4.98 Å². The van der Waals surface area contributed by atoms with Crippen molar-refractivity contribution in [3.8, 4) is 11.6 Å². The van der Waals surface area contributed by atoms with Gasteiger partial charge in [0.25, 0.3) is 5.88 Å². The lowest BCUT2D eigenvalue weighted by atomic mass is 10.1. The fourth-order valence-corrected chi connectivity index (χ4v) is 4.03. The highest BCUT2D eigenvalue weighted by Gasteiger charge is 2.23. The third-order valence-electron chi connectivity index (χ3n) is 5.51. The first kappa shape index (κ1) is 23.8. The summed E-state index contributed by atoms with van der Waals surface area (Å²) in [6, 6.07) is 11.3. The second-order valence-electron chi connectivity index (χ2n) is 7.87. The van der Waals surface area contributed by atoms with Crippen LogP contribution in [0.3, 0.4) is 0 Å². The van der Waals surface area contributed by atoms with E-state index < -0.39 is 0 Å². The predicted molar refractivity (Wildman–Crippen MR) is 129 cm³/mol. The van der Waals surface area contributed by atoms with Crippen molar-refractivity contribution in [1.29, 1.82) is 0 Å². The van der Waals surface area contributed by atoms with Gasteiger partial charge < -0.3 is 29.4 Å². The minimum atomic E-state index is 0.0378. The first-order valence-electron chi connectivity index (χ1n) is 11.2. The zero-order chi connectivity index (χ0) is 23.8. The maximum atomic E-state index is 12.1. The molecular formula is C24H28ClN5O4. The molecule has 0 bridgehead atoms. The van der Waals surface area contributed by atoms with E-state index in [1.165, 1.54) is 0 Å². The van der Waals surface area contributed by atoms with Crippen LogP contribution < -0.4 is 14.8 Å². The number of hydrogen-bond acceptors (Lipinski definition) is 7. The van der Waals surface area contributed by atoms with Gasteiger partial charge in [0.2, 0.25) is 5.91 Å². The number of aromatic amines is 1. The van der Waals surface area contributed by atoms with Crippen molar-refractivity contribution in [3.05, 3.63) is 59.6 Å². The minimum absolute atomic E-state index is 0.0378. The molecule has 0 radical (unpaired) electrons. The standard InChI is InChI=1S/C24H28ClN5O4/c1-17(31)30(20-7-11-32-12-8-20)10-13-33-24-23(27-16-28-24)29-18-5-6-22(21(25)14-18)34-15-19-4-2-3-9-26-19/h2-6,9,14,16,20,29H,7-8,10-13,15H2,1H3,(H,27,28). The molecule has 3 heterocycles. The predicted octanol–water partition coefficient (Wildman–Crippen LogP) is 4.19. The third kappa shape index (κ3) is 6.39. The number of nitrogens with zero attached hydrogens (tertiary/aromatic N) is 3. The van der Waals surface area contributed by atoms with E-state index in [4.69, 9.17) is 25.8 Å². The van der Waals surface area contributed by atoms with Crippen LogP contribution >= 0.6 is 11.6 Å². The topological polar surface area (TPSA) is 102 Å². The monoisotopic (exact) mass is 485 g/mol. The smallest absolute Gasteiger partial charge is 0.257 e. The van der Waals surface area contributed by atoms with Crippen LogP contribution in [0.5, 0.6) is 11.6 Å². The molecule has 0 spiro atoms. The summed E-state index contributed by atoms with van der Waals surface area (Å²) >= 11 is 6.41. The Labute approximate surface area is 203 Å². The van der Waals surface area contributed by atoms with Crippen LogP contribution in [0.4, 0.5) is 11.5 Å². The van der Waals surface area contributed by atoms with E-state index in [9.17, 15) is 4.79 Å². The molecule has 10 heteroatoms. The molecule has 1 aromatic carbocycles. The van der Waals surface area contributed by atoms with E-state index in [2.05, 4.69) is 20.3 Å². The van der Waals surface area contributed by atoms with Gasteiger partial charge in [0.1, 0.15) is 19.0 Å². The average molecular weight is 486 g/mol. The van der Waals surface area contributed by atoms with Crippen molar-refractivity contribution >= 4 is 29.0 Å². The lowest BCUT2D eigenvalue weighted by Crippen LogP contribution is -2.44. The third-order valence-corrected chi connectivity index (χ3v) is 5.81. The van der Waals surface area contributed by atoms with Gasteiger partial charge in [0, 0.05) is 38.1 Å². The molecule has 3 aromatic rings. The summed E-state index contributed by atoms with van der Waals surface area (Å²) in [6.07, 6.45) is 4.96. The number of rotatable bonds is 10. The summed E-state index contributed by atoms with van der Waals surface area (Å²) in [6.45, 7) is 4.09. The fourth-order valence-electron chi connectivity index (χ4n) is 3.79. The molecule has 9 nitrogen and oxygen atoms in total. The van der Waals surface area contributed by atoms with Gasteiger partial charge in [-0.3, -0.25) is 9.78 Å². The molecule has 2 aromatic heterocycles. The molecule has 1 fully saturated rings. The number of amides is 1. The minimum Gasteiger partial charge on any atom is -0.486 e. The summed E-state index contributed by atoms with van der Waals surface area (Å²) in [5, 5.41) is 3.70. The Hall–Kier alpha value is -3.30. The molecule has 0 aliphatic carbocycles. The maximum absolute atomic E-state index is 12.1. The number of imidazole rings is 1. The Bertz CT molecular complexity index is 1070. The molecule has 34 heavy (non-hydrogen) atoms. The van der Waals surface area contributed by atoms with Crippen molar-refractivity contribution in [3.63, 3.8) is 0 Å². The van der Waals surface area contributed by atoms with Crippen molar-refractivity contribution in [2.45, 2.75) is 32.4 Å². The average Bonchev–Trinajstić information content (AvgIpc) is 3.29. The fraction of sp³-hybridized carbons (Fsp3) is 0.375. The first-order valence-corrected chi connectivity index (χ1v) is 11.6. The number of nitrogens with one attached hydrogen (secondary N) is 2. The van der Waals surface area contributed by atoms with Crippen LogP contribution in [0.25, 0.3) is 0 Å². The van der Waals surface area contributed by atoms with Crippen LogP contribution in [0.1, 0.15) is 25.5 Å². The summed E-state index contributed by atoms with van der Waals surface area (Å²) in [4.78, 5) is 25.5. The van der Waals surface area contributed by atoms with Gasteiger partial charge in [0.05, 0.1) is 23.6 Å². The van der Waals surface area contributed by atoms with Gasteiger partial charge in [0.15, 0.2) is 5.82 Å². The summed E-state index contributed by atoms with van der Waals surface area (Å²) in [7, 11) is 0. The molecule has 2 N–H and O–H groups in total. The van der Waals surface area contributed by atoms with E-state index in [0.29, 0.717) is 55.4 Å². The van der Waals surface area contributed by atoms with E-state index in [1.807, 2.05) is 29.2 Å². The molecule has 180 valence electrons. The SMILES string of the molecule is CC(=O)N(CCOc1nc[nH]c1Nc1ccc(OCc2ccccn2)c(Cl)c1)C1CCOCC1. The van der Waals surface area contributed by atoms with E-state index >= 15 is 0 Å². The second kappa shape index (κ2) is 11.7. The number of carbonyl (C=O) groups is 1. The molecule has 0 saturated carbocycles. The zero-order valence-electron chi connectivity index (χ0n) is 19.0. The Morgan fingerprint density at radius 3 is 2.82 bits per heavy atom. The van der Waals surface area contributed by atoms with Crippen LogP contribution in [-0.4, -0.2) is 58.2 Å². The normalized spacial score (nSPS) is 13.9. The quantitative estimate of drug-likeness (QED) is 0.444. The van der Waals surface area contributed by atoms with Gasteiger partial charge in [-0.2, -0.15) is 0 Å². The van der Waals surface area contributed by atoms with Gasteiger partial charge in [-0.1, -0.05) is 17.7 Å². The number of benzene rings is 1. The number of carbonyl (C=O) groups excluding carboxylic acids is 1. The van der Waals surface area contributed by atoms with E-state index in [-0.39, 0.29) is 11.9 Å². The Morgan fingerprint density at radius 2 is 2.09 bits per heavy atom. The number of H-pyrrole nitrogens is 1. The molecule has 1 amide bonds. The van der Waals surface area contributed by atoms with Gasteiger partial charge in [-0.15, -0.1) is 0 Å². The summed E-state index contributed by atoms with van der Waals surface area (Å²) in [5.74, 6) is 1.62. The van der Waals surface area contributed by atoms with E-state index in [1.54, 1.807) is 31.6 Å². The van der Waals surface area contributed by atoms with Crippen molar-refractivity contribution in [1.82, 2.24) is 19.9 Å². The largest absolute Gasteiger partial charge is 0.486 e. The molecule has 1 aliphatic heterocycles. The number of pyridine rings is 1. The Balaban J connectivity index is 1.31. The highest BCUT2D eigenvalue weighted by atomic mass is 35.5. The molecule has 1 aliphatic rings. The molecular weight excluding hydrogens is 458 g/mol. The number of ether oxygens (including phenoxy) is 3. The van der Waals surface area contributed by atoms with Crippen molar-refractivity contribution < 1.29 is 19.0 Å². The Kier molecular flexibility index (Phi) is 8.21. The van der Waals surface area contributed by atoms with Gasteiger partial charge >= 0.3 is 0 Å². The van der Waals surface area contributed by atoms with Crippen LogP contribution in [0, 0.1) is 0 Å². The van der Waals surface area contributed by atoms with Crippen LogP contribution in [0.15, 0.2) is 48.9 Å². The first-order chi connectivity index (χ1) is 16.6. The number of aromatic nitrogens is 3. The van der Waals surface area contributed by atoms with Crippen molar-refractivity contribution in [2.24, 2.45) is 0 Å². The molecule has 4 rings (SSSR count). The zero-order valence-corrected chi connectivity index (χ0v) is 19.8. The van der Waals surface area contributed by atoms with E-state index in [0.717, 1.165) is 24.2 Å².